The highest BCUT2D eigenvalue weighted by Crippen LogP contribution is 2.33. The Morgan fingerprint density at radius 2 is 1.88 bits per heavy atom. The average molecular weight is 477 g/mol. The van der Waals surface area contributed by atoms with E-state index in [1.165, 1.54) is 3.97 Å². The van der Waals surface area contributed by atoms with E-state index in [0.29, 0.717) is 31.0 Å². The van der Waals surface area contributed by atoms with E-state index in [1.54, 1.807) is 26.4 Å². The smallest absolute Gasteiger partial charge is 0.306 e. The van der Waals surface area contributed by atoms with E-state index < -0.39 is 10.2 Å². The van der Waals surface area contributed by atoms with Crippen LogP contribution in [-0.4, -0.2) is 39.5 Å². The first kappa shape index (κ1) is 22.4. The normalized spacial score (nSPS) is 16.0. The molecule has 5 rings (SSSR count). The van der Waals surface area contributed by atoms with Crippen molar-refractivity contribution in [2.24, 2.45) is 7.05 Å². The molecule has 0 saturated heterocycles. The lowest BCUT2D eigenvalue weighted by atomic mass is 9.94. The van der Waals surface area contributed by atoms with Gasteiger partial charge in [0.2, 0.25) is 0 Å². The van der Waals surface area contributed by atoms with Gasteiger partial charge in [0.15, 0.2) is 0 Å². The predicted octanol–water partition coefficient (Wildman–Crippen LogP) is 3.21. The van der Waals surface area contributed by atoms with Crippen LogP contribution in [-0.2, 0) is 30.2 Å². The number of nitrogens with zero attached hydrogens (tertiary/aromatic N) is 5. The molecular weight excluding hydrogens is 448 g/mol. The second-order valence-corrected chi connectivity index (χ2v) is 10.4. The molecule has 1 unspecified atom stereocenters. The van der Waals surface area contributed by atoms with Gasteiger partial charge in [-0.2, -0.15) is 13.1 Å². The highest BCUT2D eigenvalue weighted by molar-refractivity contribution is 7.88. The van der Waals surface area contributed by atoms with Crippen molar-refractivity contribution in [1.29, 1.82) is 0 Å². The molecule has 9 heteroatoms. The van der Waals surface area contributed by atoms with E-state index in [9.17, 15) is 8.42 Å². The van der Waals surface area contributed by atoms with E-state index in [1.807, 2.05) is 36.0 Å². The highest BCUT2D eigenvalue weighted by atomic mass is 32.2. The van der Waals surface area contributed by atoms with Gasteiger partial charge in [0, 0.05) is 37.7 Å². The number of hydrogen-bond acceptors (Lipinski definition) is 5. The number of rotatable bonds is 6. The number of imidazole rings is 2. The maximum atomic E-state index is 13.2. The predicted molar refractivity (Wildman–Crippen MR) is 133 cm³/mol. The Labute approximate surface area is 200 Å². The molecule has 1 aliphatic heterocycles. The van der Waals surface area contributed by atoms with Crippen LogP contribution >= 0.6 is 0 Å². The van der Waals surface area contributed by atoms with Gasteiger partial charge in [-0.1, -0.05) is 36.4 Å². The Kier molecular flexibility index (Phi) is 5.75. The van der Waals surface area contributed by atoms with Crippen LogP contribution in [0.3, 0.4) is 0 Å². The minimum atomic E-state index is -3.77. The summed E-state index contributed by atoms with van der Waals surface area (Å²) >= 11 is 0. The van der Waals surface area contributed by atoms with Gasteiger partial charge >= 0.3 is 10.2 Å². The van der Waals surface area contributed by atoms with E-state index in [0.717, 1.165) is 28.1 Å². The number of hydrogen-bond donors (Lipinski definition) is 1. The van der Waals surface area contributed by atoms with Crippen molar-refractivity contribution in [3.63, 3.8) is 0 Å². The Balaban J connectivity index is 1.49. The lowest BCUT2D eigenvalue weighted by molar-refractivity contribution is 0.516. The second-order valence-electron chi connectivity index (χ2n) is 8.84. The van der Waals surface area contributed by atoms with Gasteiger partial charge < -0.3 is 9.47 Å². The Bertz CT molecular complexity index is 1420. The van der Waals surface area contributed by atoms with Crippen molar-refractivity contribution in [1.82, 2.24) is 23.2 Å². The zero-order chi connectivity index (χ0) is 23.9. The van der Waals surface area contributed by atoms with Crippen molar-refractivity contribution in [3.8, 4) is 11.1 Å². The number of benzene rings is 2. The topological polar surface area (TPSA) is 85.0 Å². The number of fused-ring (bicyclic) bond motifs is 1. The summed E-state index contributed by atoms with van der Waals surface area (Å²) in [5.74, 6) is 0.444. The molecule has 0 saturated carbocycles. The van der Waals surface area contributed by atoms with Crippen molar-refractivity contribution < 1.29 is 8.42 Å². The fourth-order valence-electron chi connectivity index (χ4n) is 4.63. The van der Waals surface area contributed by atoms with Crippen LogP contribution < -0.4 is 9.62 Å². The van der Waals surface area contributed by atoms with E-state index >= 15 is 0 Å². The summed E-state index contributed by atoms with van der Waals surface area (Å²) in [7, 11) is -1.80. The zero-order valence-corrected chi connectivity index (χ0v) is 20.3. The summed E-state index contributed by atoms with van der Waals surface area (Å²) < 4.78 is 32.5. The average Bonchev–Trinajstić information content (AvgIpc) is 3.37. The van der Waals surface area contributed by atoms with Crippen LogP contribution in [0.5, 0.6) is 0 Å². The Morgan fingerprint density at radius 3 is 2.56 bits per heavy atom. The third-order valence-electron chi connectivity index (χ3n) is 6.24. The number of aromatic nitrogens is 4. The molecule has 1 N–H and O–H groups in total. The number of aryl methyl sites for hydroxylation is 3. The van der Waals surface area contributed by atoms with Crippen molar-refractivity contribution >= 4 is 15.9 Å². The molecule has 1 atom stereocenters. The highest BCUT2D eigenvalue weighted by Gasteiger charge is 2.29. The third-order valence-corrected chi connectivity index (χ3v) is 7.76. The van der Waals surface area contributed by atoms with Gasteiger partial charge in [-0.15, -0.1) is 0 Å². The largest absolute Gasteiger partial charge is 0.364 e. The summed E-state index contributed by atoms with van der Waals surface area (Å²) in [6.07, 6.45) is 5.78. The molecular formula is C25H28N6O2S. The molecule has 0 amide bonds. The zero-order valence-electron chi connectivity index (χ0n) is 19.5. The van der Waals surface area contributed by atoms with E-state index in [4.69, 9.17) is 0 Å². The maximum absolute atomic E-state index is 13.2. The van der Waals surface area contributed by atoms with E-state index in [2.05, 4.69) is 49.9 Å². The van der Waals surface area contributed by atoms with Crippen LogP contribution in [0.2, 0.25) is 0 Å². The molecule has 4 aromatic rings. The van der Waals surface area contributed by atoms with Gasteiger partial charge in [0.25, 0.3) is 0 Å². The van der Waals surface area contributed by atoms with Gasteiger partial charge in [0.05, 0.1) is 24.3 Å². The van der Waals surface area contributed by atoms with Crippen LogP contribution in [0.4, 0.5) is 5.69 Å². The lowest BCUT2D eigenvalue weighted by Crippen LogP contribution is -2.49. The number of nitrogens with one attached hydrogen (secondary N) is 1. The molecule has 176 valence electrons. The minimum absolute atomic E-state index is 0.293. The standard InChI is InChI=1S/C25H28N6O2S/c1-18-14-31(19(2)27-18)34(32,33)28-23-12-22-11-21(20-7-5-4-6-8-20)9-10-25(22)30(15-23)16-24-13-26-17-29(24)3/h4-11,13-14,17,23,28H,12,15-16H2,1-3H3. The van der Waals surface area contributed by atoms with Crippen LogP contribution in [0, 0.1) is 13.8 Å². The lowest BCUT2D eigenvalue weighted by Gasteiger charge is -2.36. The second kappa shape index (κ2) is 8.73. The first-order chi connectivity index (χ1) is 16.3. The van der Waals surface area contributed by atoms with Crippen LogP contribution in [0.1, 0.15) is 22.8 Å². The molecule has 8 nitrogen and oxygen atoms in total. The fourth-order valence-corrected chi connectivity index (χ4v) is 6.00. The molecule has 1 aliphatic rings. The molecule has 3 heterocycles. The van der Waals surface area contributed by atoms with Gasteiger partial charge in [-0.05, 0) is 49.1 Å². The number of anilines is 1. The third kappa shape index (κ3) is 4.36. The van der Waals surface area contributed by atoms with E-state index in [-0.39, 0.29) is 6.04 Å². The molecule has 0 spiro atoms. The van der Waals surface area contributed by atoms with Crippen molar-refractivity contribution in [3.05, 3.63) is 90.0 Å². The molecule has 2 aromatic heterocycles. The maximum Gasteiger partial charge on any atom is 0.306 e. The summed E-state index contributed by atoms with van der Waals surface area (Å²) in [4.78, 5) is 10.7. The summed E-state index contributed by atoms with van der Waals surface area (Å²) in [6, 6.07) is 16.4. The van der Waals surface area contributed by atoms with Crippen LogP contribution in [0.15, 0.2) is 67.3 Å². The quantitative estimate of drug-likeness (QED) is 0.462. The molecule has 0 bridgehead atoms. The van der Waals surface area contributed by atoms with Crippen molar-refractivity contribution in [2.45, 2.75) is 32.9 Å². The molecule has 2 aromatic carbocycles. The Morgan fingerprint density at radius 1 is 1.09 bits per heavy atom. The molecule has 34 heavy (non-hydrogen) atoms. The molecule has 0 radical (unpaired) electrons. The van der Waals surface area contributed by atoms with Crippen molar-refractivity contribution in [2.75, 3.05) is 11.4 Å². The van der Waals surface area contributed by atoms with Gasteiger partial charge in [-0.3, -0.25) is 0 Å². The monoisotopic (exact) mass is 476 g/mol. The summed E-state index contributed by atoms with van der Waals surface area (Å²) in [6.45, 7) is 4.67. The SMILES string of the molecule is Cc1cn(S(=O)(=O)NC2Cc3cc(-c4ccccc4)ccc3N(Cc3cncn3C)C2)c(C)n1. The Hall–Kier alpha value is -3.43. The van der Waals surface area contributed by atoms with Gasteiger partial charge in [0.1, 0.15) is 5.82 Å². The molecule has 0 fully saturated rings. The van der Waals surface area contributed by atoms with Gasteiger partial charge in [-0.25, -0.2) is 13.9 Å². The summed E-state index contributed by atoms with van der Waals surface area (Å²) in [5, 5.41) is 0. The first-order valence-corrected chi connectivity index (χ1v) is 12.7. The summed E-state index contributed by atoms with van der Waals surface area (Å²) in [5.41, 5.74) is 6.21. The minimum Gasteiger partial charge on any atom is -0.364 e. The fraction of sp³-hybridized carbons (Fsp3) is 0.280. The molecule has 0 aliphatic carbocycles. The first-order valence-electron chi connectivity index (χ1n) is 11.2. The van der Waals surface area contributed by atoms with Crippen LogP contribution in [0.25, 0.3) is 11.1 Å².